The summed E-state index contributed by atoms with van der Waals surface area (Å²) in [6.45, 7) is 0.540. The standard InChI is InChI=1S/C9H12Cl2N4O/c10-7-12-8(11)14-9(13-7)15(4-5-16)6-2-1-3-6/h6,16H,1-5H2. The molecule has 1 aliphatic carbocycles. The van der Waals surface area contributed by atoms with Gasteiger partial charge in [-0.05, 0) is 42.5 Å². The minimum atomic E-state index is 0.0530. The molecule has 0 atom stereocenters. The van der Waals surface area contributed by atoms with E-state index in [2.05, 4.69) is 15.0 Å². The predicted octanol–water partition coefficient (Wildman–Crippen LogP) is 1.53. The fourth-order valence-corrected chi connectivity index (χ4v) is 2.05. The van der Waals surface area contributed by atoms with Crippen molar-refractivity contribution in [3.05, 3.63) is 10.6 Å². The van der Waals surface area contributed by atoms with Crippen LogP contribution in [0.25, 0.3) is 0 Å². The number of aromatic nitrogens is 3. The van der Waals surface area contributed by atoms with Crippen LogP contribution in [0.3, 0.4) is 0 Å². The molecule has 2 rings (SSSR count). The number of halogens is 2. The Hall–Kier alpha value is -0.650. The molecule has 0 aromatic carbocycles. The minimum Gasteiger partial charge on any atom is -0.395 e. The summed E-state index contributed by atoms with van der Waals surface area (Å²) in [6.07, 6.45) is 3.36. The molecule has 1 N–H and O–H groups in total. The van der Waals surface area contributed by atoms with Gasteiger partial charge in [-0.25, -0.2) is 0 Å². The zero-order chi connectivity index (χ0) is 11.5. The van der Waals surface area contributed by atoms with E-state index < -0.39 is 0 Å². The van der Waals surface area contributed by atoms with E-state index >= 15 is 0 Å². The molecular weight excluding hydrogens is 251 g/mol. The highest BCUT2D eigenvalue weighted by atomic mass is 35.5. The van der Waals surface area contributed by atoms with Crippen molar-refractivity contribution >= 4 is 29.2 Å². The Balaban J connectivity index is 2.22. The summed E-state index contributed by atoms with van der Waals surface area (Å²) in [5.74, 6) is 0.448. The van der Waals surface area contributed by atoms with E-state index in [1.54, 1.807) is 0 Å². The molecule has 0 amide bonds. The molecule has 0 saturated heterocycles. The van der Waals surface area contributed by atoms with Crippen LogP contribution in [0.1, 0.15) is 19.3 Å². The van der Waals surface area contributed by atoms with Crippen molar-refractivity contribution in [3.63, 3.8) is 0 Å². The fourth-order valence-electron chi connectivity index (χ4n) is 1.70. The lowest BCUT2D eigenvalue weighted by Gasteiger charge is -2.37. The van der Waals surface area contributed by atoms with Crippen LogP contribution in [0, 0.1) is 0 Å². The maximum absolute atomic E-state index is 9.03. The summed E-state index contributed by atoms with van der Waals surface area (Å²) in [7, 11) is 0. The van der Waals surface area contributed by atoms with Gasteiger partial charge < -0.3 is 10.0 Å². The van der Waals surface area contributed by atoms with Crippen LogP contribution >= 0.6 is 23.2 Å². The molecule has 1 aromatic rings. The zero-order valence-electron chi connectivity index (χ0n) is 8.60. The first-order valence-electron chi connectivity index (χ1n) is 5.15. The Morgan fingerprint density at radius 2 is 1.81 bits per heavy atom. The maximum atomic E-state index is 9.03. The lowest BCUT2D eigenvalue weighted by Crippen LogP contribution is -2.43. The van der Waals surface area contributed by atoms with Crippen molar-refractivity contribution in [3.8, 4) is 0 Å². The van der Waals surface area contributed by atoms with Crippen LogP contribution < -0.4 is 4.90 Å². The second-order valence-electron chi connectivity index (χ2n) is 3.68. The van der Waals surface area contributed by atoms with Crippen LogP contribution in [0.5, 0.6) is 0 Å². The Morgan fingerprint density at radius 3 is 2.25 bits per heavy atom. The third-order valence-corrected chi connectivity index (χ3v) is 3.02. The van der Waals surface area contributed by atoms with Crippen molar-refractivity contribution in [1.82, 2.24) is 15.0 Å². The molecule has 0 radical (unpaired) electrons. The number of aliphatic hydroxyl groups is 1. The topological polar surface area (TPSA) is 62.1 Å². The van der Waals surface area contributed by atoms with Gasteiger partial charge in [-0.1, -0.05) is 0 Å². The van der Waals surface area contributed by atoms with E-state index in [-0.39, 0.29) is 17.2 Å². The number of hydrogen-bond donors (Lipinski definition) is 1. The molecule has 5 nitrogen and oxygen atoms in total. The van der Waals surface area contributed by atoms with Crippen molar-refractivity contribution in [2.75, 3.05) is 18.1 Å². The molecule has 1 aromatic heterocycles. The summed E-state index contributed by atoms with van der Waals surface area (Å²) >= 11 is 11.4. The number of nitrogens with zero attached hydrogens (tertiary/aromatic N) is 4. The van der Waals surface area contributed by atoms with Gasteiger partial charge in [-0.15, -0.1) is 0 Å². The lowest BCUT2D eigenvalue weighted by molar-refractivity contribution is 0.282. The van der Waals surface area contributed by atoms with Crippen LogP contribution in [0.4, 0.5) is 5.95 Å². The van der Waals surface area contributed by atoms with Crippen molar-refractivity contribution < 1.29 is 5.11 Å². The Morgan fingerprint density at radius 1 is 1.19 bits per heavy atom. The highest BCUT2D eigenvalue weighted by Crippen LogP contribution is 2.28. The largest absolute Gasteiger partial charge is 0.395 e. The Kier molecular flexibility index (Phi) is 3.78. The Bertz CT molecular complexity index is 352. The van der Waals surface area contributed by atoms with E-state index in [9.17, 15) is 0 Å². The SMILES string of the molecule is OCCN(c1nc(Cl)nc(Cl)n1)C1CCC1. The number of anilines is 1. The third-order valence-electron chi connectivity index (χ3n) is 2.68. The molecule has 88 valence electrons. The van der Waals surface area contributed by atoms with Gasteiger partial charge in [0.25, 0.3) is 0 Å². The summed E-state index contributed by atoms with van der Waals surface area (Å²) in [5, 5.41) is 9.19. The summed E-state index contributed by atoms with van der Waals surface area (Å²) < 4.78 is 0. The van der Waals surface area contributed by atoms with Gasteiger partial charge in [0.2, 0.25) is 16.5 Å². The van der Waals surface area contributed by atoms with E-state index in [0.29, 0.717) is 18.5 Å². The molecule has 0 bridgehead atoms. The highest BCUT2D eigenvalue weighted by molar-refractivity contribution is 6.31. The van der Waals surface area contributed by atoms with Gasteiger partial charge in [-0.3, -0.25) is 0 Å². The first kappa shape index (κ1) is 11.8. The van der Waals surface area contributed by atoms with Crippen LogP contribution in [0.15, 0.2) is 0 Å². The van der Waals surface area contributed by atoms with Gasteiger partial charge in [0.15, 0.2) is 0 Å². The smallest absolute Gasteiger partial charge is 0.231 e. The first-order chi connectivity index (χ1) is 7.70. The summed E-state index contributed by atoms with van der Waals surface area (Å²) in [4.78, 5) is 13.7. The monoisotopic (exact) mass is 262 g/mol. The molecule has 1 saturated carbocycles. The highest BCUT2D eigenvalue weighted by Gasteiger charge is 2.27. The van der Waals surface area contributed by atoms with Gasteiger partial charge in [0.05, 0.1) is 6.61 Å². The van der Waals surface area contributed by atoms with Crippen LogP contribution in [-0.4, -0.2) is 39.3 Å². The van der Waals surface area contributed by atoms with E-state index in [0.717, 1.165) is 12.8 Å². The summed E-state index contributed by atoms with van der Waals surface area (Å²) in [5.41, 5.74) is 0. The normalized spacial score (nSPS) is 15.9. The lowest BCUT2D eigenvalue weighted by atomic mass is 9.92. The molecule has 16 heavy (non-hydrogen) atoms. The van der Waals surface area contributed by atoms with Crippen molar-refractivity contribution in [1.29, 1.82) is 0 Å². The van der Waals surface area contributed by atoms with Gasteiger partial charge in [-0.2, -0.15) is 15.0 Å². The first-order valence-corrected chi connectivity index (χ1v) is 5.91. The fraction of sp³-hybridized carbons (Fsp3) is 0.667. The maximum Gasteiger partial charge on any atom is 0.231 e. The molecular formula is C9H12Cl2N4O. The molecule has 1 fully saturated rings. The van der Waals surface area contributed by atoms with Crippen molar-refractivity contribution in [2.24, 2.45) is 0 Å². The number of aliphatic hydroxyl groups excluding tert-OH is 1. The molecule has 0 spiro atoms. The quantitative estimate of drug-likeness (QED) is 0.892. The van der Waals surface area contributed by atoms with Crippen LogP contribution in [0.2, 0.25) is 10.6 Å². The van der Waals surface area contributed by atoms with E-state index in [4.69, 9.17) is 28.3 Å². The van der Waals surface area contributed by atoms with Gasteiger partial charge in [0.1, 0.15) is 0 Å². The second kappa shape index (κ2) is 5.12. The number of rotatable bonds is 4. The molecule has 0 unspecified atom stereocenters. The molecule has 7 heteroatoms. The van der Waals surface area contributed by atoms with E-state index in [1.807, 2.05) is 4.90 Å². The second-order valence-corrected chi connectivity index (χ2v) is 4.35. The van der Waals surface area contributed by atoms with Gasteiger partial charge in [0, 0.05) is 12.6 Å². The Labute approximate surface area is 103 Å². The zero-order valence-corrected chi connectivity index (χ0v) is 10.1. The summed E-state index contributed by atoms with van der Waals surface area (Å²) in [6, 6.07) is 0.377. The third kappa shape index (κ3) is 2.53. The molecule has 1 aliphatic rings. The average Bonchev–Trinajstić information content (AvgIpc) is 2.12. The predicted molar refractivity (Wildman–Crippen MR) is 61.9 cm³/mol. The molecule has 1 heterocycles. The van der Waals surface area contributed by atoms with Crippen molar-refractivity contribution in [2.45, 2.75) is 25.3 Å². The number of hydrogen-bond acceptors (Lipinski definition) is 5. The van der Waals surface area contributed by atoms with Crippen LogP contribution in [-0.2, 0) is 0 Å². The van der Waals surface area contributed by atoms with Gasteiger partial charge >= 0.3 is 0 Å². The van der Waals surface area contributed by atoms with E-state index in [1.165, 1.54) is 6.42 Å². The molecule has 0 aliphatic heterocycles. The average molecular weight is 263 g/mol. The minimum absolute atomic E-state index is 0.0530.